The van der Waals surface area contributed by atoms with Crippen molar-refractivity contribution in [1.29, 1.82) is 0 Å². The zero-order valence-corrected chi connectivity index (χ0v) is 8.08. The Morgan fingerprint density at radius 1 is 1.50 bits per heavy atom. The van der Waals surface area contributed by atoms with Crippen molar-refractivity contribution in [1.82, 2.24) is 4.98 Å². The molecule has 2 aromatic rings. The molecule has 1 heterocycles. The van der Waals surface area contributed by atoms with Crippen LogP contribution in [-0.2, 0) is 0 Å². The second kappa shape index (κ2) is 3.00. The molecule has 0 aliphatic rings. The van der Waals surface area contributed by atoms with Crippen molar-refractivity contribution in [2.75, 3.05) is 0 Å². The molecular formula is C8H6N2O3S. The number of rotatable bonds is 1. The highest BCUT2D eigenvalue weighted by Crippen LogP contribution is 2.37. The predicted molar refractivity (Wildman–Crippen MR) is 51.8 cm³/mol. The van der Waals surface area contributed by atoms with Crippen molar-refractivity contribution in [2.24, 2.45) is 0 Å². The molecule has 0 radical (unpaired) electrons. The Bertz CT molecular complexity index is 521. The van der Waals surface area contributed by atoms with E-state index in [1.165, 1.54) is 0 Å². The molecule has 14 heavy (non-hydrogen) atoms. The summed E-state index contributed by atoms with van der Waals surface area (Å²) in [5.74, 6) is 0. The molecule has 1 aromatic carbocycles. The van der Waals surface area contributed by atoms with Crippen LogP contribution >= 0.6 is 10.8 Å². The van der Waals surface area contributed by atoms with Crippen LogP contribution in [0.15, 0.2) is 18.2 Å². The number of hydrogen-bond acceptors (Lipinski definition) is 4. The minimum atomic E-state index is -1.73. The topological polar surface area (TPSA) is 79.1 Å². The number of nitro groups is 1. The molecule has 0 bridgehead atoms. The zero-order chi connectivity index (χ0) is 10.3. The van der Waals surface area contributed by atoms with Crippen molar-refractivity contribution in [3.8, 4) is 0 Å². The highest BCUT2D eigenvalue weighted by molar-refractivity contribution is 7.34. The second-order valence-corrected chi connectivity index (χ2v) is 4.15. The van der Waals surface area contributed by atoms with E-state index in [0.29, 0.717) is 10.2 Å². The van der Waals surface area contributed by atoms with Gasteiger partial charge in [0.15, 0.2) is 0 Å². The van der Waals surface area contributed by atoms with Crippen molar-refractivity contribution in [3.63, 3.8) is 0 Å². The van der Waals surface area contributed by atoms with Crippen LogP contribution < -0.4 is 0 Å². The maximum Gasteiger partial charge on any atom is 0.572 e. The molecule has 1 atom stereocenters. The molecule has 0 aliphatic carbocycles. The summed E-state index contributed by atoms with van der Waals surface area (Å²) in [6, 6.07) is 5.11. The quantitative estimate of drug-likeness (QED) is 0.410. The lowest BCUT2D eigenvalue weighted by Gasteiger charge is -1.90. The largest absolute Gasteiger partial charge is 0.584 e. The SMILES string of the molecule is Cc1cccc2nc([N+](=O)[O-])[s+]([O-])c12. The molecular weight excluding hydrogens is 204 g/mol. The third-order valence-electron chi connectivity index (χ3n) is 1.91. The molecule has 0 saturated heterocycles. The van der Waals surface area contributed by atoms with Crippen LogP contribution in [0.3, 0.4) is 0 Å². The second-order valence-electron chi connectivity index (χ2n) is 2.84. The summed E-state index contributed by atoms with van der Waals surface area (Å²) in [5, 5.41) is 10.00. The van der Waals surface area contributed by atoms with Crippen LogP contribution in [0.25, 0.3) is 10.2 Å². The molecule has 1 unspecified atom stereocenters. The molecule has 6 heteroatoms. The van der Waals surface area contributed by atoms with Gasteiger partial charge in [-0.05, 0) is 13.0 Å². The first kappa shape index (κ1) is 9.04. The number of hydrogen-bond donors (Lipinski definition) is 0. The Morgan fingerprint density at radius 3 is 2.79 bits per heavy atom. The molecule has 72 valence electrons. The first-order valence-corrected chi connectivity index (χ1v) is 5.00. The molecule has 0 N–H and O–H groups in total. The maximum atomic E-state index is 11.6. The van der Waals surface area contributed by atoms with Crippen LogP contribution in [0.4, 0.5) is 5.13 Å². The Morgan fingerprint density at radius 2 is 2.21 bits per heavy atom. The van der Waals surface area contributed by atoms with E-state index in [-0.39, 0.29) is 0 Å². The smallest absolute Gasteiger partial charge is 0.572 e. The average Bonchev–Trinajstić information content (AvgIpc) is 2.45. The van der Waals surface area contributed by atoms with Gasteiger partial charge in [0.1, 0.15) is 0 Å². The van der Waals surface area contributed by atoms with Gasteiger partial charge in [0.05, 0.1) is 10.8 Å². The number of nitrogens with zero attached hydrogens (tertiary/aromatic N) is 2. The summed E-state index contributed by atoms with van der Waals surface area (Å²) in [6.07, 6.45) is 0. The number of benzene rings is 1. The van der Waals surface area contributed by atoms with Gasteiger partial charge in [0.2, 0.25) is 10.2 Å². The fourth-order valence-corrected chi connectivity index (χ4v) is 2.47. The maximum absolute atomic E-state index is 11.6. The summed E-state index contributed by atoms with van der Waals surface area (Å²) < 4.78 is 12.1. The van der Waals surface area contributed by atoms with Gasteiger partial charge >= 0.3 is 5.13 Å². The summed E-state index contributed by atoms with van der Waals surface area (Å²) in [6.45, 7) is 1.76. The molecule has 5 nitrogen and oxygen atoms in total. The van der Waals surface area contributed by atoms with Gasteiger partial charge in [-0.2, -0.15) is 0 Å². The van der Waals surface area contributed by atoms with Gasteiger partial charge in [-0.3, -0.25) is 0 Å². The monoisotopic (exact) mass is 210 g/mol. The van der Waals surface area contributed by atoms with E-state index in [0.717, 1.165) is 5.56 Å². The van der Waals surface area contributed by atoms with Gasteiger partial charge in [0.25, 0.3) is 0 Å². The van der Waals surface area contributed by atoms with E-state index in [2.05, 4.69) is 4.98 Å². The van der Waals surface area contributed by atoms with Crippen molar-refractivity contribution >= 4 is 26.1 Å². The number of thiazole rings is 1. The van der Waals surface area contributed by atoms with Crippen molar-refractivity contribution < 1.29 is 9.48 Å². The molecule has 1 aromatic heterocycles. The Kier molecular flexibility index (Phi) is 1.94. The molecule has 0 amide bonds. The highest BCUT2D eigenvalue weighted by atomic mass is 32.2. The van der Waals surface area contributed by atoms with E-state index >= 15 is 0 Å². The fraction of sp³-hybridized carbons (Fsp3) is 0.125. The zero-order valence-electron chi connectivity index (χ0n) is 7.26. The fourth-order valence-electron chi connectivity index (χ4n) is 1.31. The van der Waals surface area contributed by atoms with Crippen LogP contribution in [-0.4, -0.2) is 14.5 Å². The molecule has 0 aliphatic heterocycles. The molecule has 0 spiro atoms. The molecule has 0 fully saturated rings. The van der Waals surface area contributed by atoms with E-state index in [1.807, 2.05) is 0 Å². The van der Waals surface area contributed by atoms with Crippen molar-refractivity contribution in [2.45, 2.75) is 6.92 Å². The van der Waals surface area contributed by atoms with Crippen LogP contribution in [0.2, 0.25) is 0 Å². The van der Waals surface area contributed by atoms with Gasteiger partial charge in [0, 0.05) is 15.5 Å². The Labute approximate surface area is 82.0 Å². The van der Waals surface area contributed by atoms with Gasteiger partial charge < -0.3 is 14.7 Å². The van der Waals surface area contributed by atoms with E-state index in [4.69, 9.17) is 0 Å². The first-order chi connectivity index (χ1) is 6.61. The van der Waals surface area contributed by atoms with Crippen molar-refractivity contribution in [3.05, 3.63) is 33.9 Å². The molecule has 0 saturated carbocycles. The minimum absolute atomic E-state index is 0.440. The van der Waals surface area contributed by atoms with Gasteiger partial charge in [-0.25, -0.2) is 0 Å². The molecule has 2 rings (SSSR count). The van der Waals surface area contributed by atoms with Crippen LogP contribution in [0.5, 0.6) is 0 Å². The summed E-state index contributed by atoms with van der Waals surface area (Å²) in [7, 11) is -1.73. The summed E-state index contributed by atoms with van der Waals surface area (Å²) in [5.41, 5.74) is 1.21. The summed E-state index contributed by atoms with van der Waals surface area (Å²) in [4.78, 5) is 13.5. The standard InChI is InChI=1S/C8H6N2O3S/c1-5-3-2-4-6-7(5)14(13)8(9-6)10(11)12/h2-4H,1H3. The first-order valence-electron chi connectivity index (χ1n) is 3.85. The van der Waals surface area contributed by atoms with E-state index in [1.54, 1.807) is 25.1 Å². The minimum Gasteiger partial charge on any atom is -0.584 e. The predicted octanol–water partition coefficient (Wildman–Crippen LogP) is 2.18. The number of fused-ring (bicyclic) bond motifs is 1. The third kappa shape index (κ3) is 1.16. The normalized spacial score (nSPS) is 12.0. The van der Waals surface area contributed by atoms with E-state index in [9.17, 15) is 14.7 Å². The van der Waals surface area contributed by atoms with E-state index < -0.39 is 20.8 Å². The lowest BCUT2D eigenvalue weighted by atomic mass is 10.2. The van der Waals surface area contributed by atoms with Crippen LogP contribution in [0.1, 0.15) is 5.56 Å². The third-order valence-corrected chi connectivity index (χ3v) is 3.39. The van der Waals surface area contributed by atoms with Gasteiger partial charge in [-0.15, -0.1) is 0 Å². The number of aromatic nitrogens is 1. The highest BCUT2D eigenvalue weighted by Gasteiger charge is 2.28. The lowest BCUT2D eigenvalue weighted by molar-refractivity contribution is -0.385. The number of aryl methyl sites for hydroxylation is 1. The van der Waals surface area contributed by atoms with Crippen LogP contribution in [0, 0.1) is 17.0 Å². The lowest BCUT2D eigenvalue weighted by Crippen LogP contribution is -1.86. The van der Waals surface area contributed by atoms with Gasteiger partial charge in [-0.1, -0.05) is 12.1 Å². The Hall–Kier alpha value is -1.53. The Balaban J connectivity index is 2.87. The average molecular weight is 210 g/mol. The summed E-state index contributed by atoms with van der Waals surface area (Å²) >= 11 is 0.